The van der Waals surface area contributed by atoms with Gasteiger partial charge in [-0.1, -0.05) is 11.6 Å². The molecule has 2 rings (SSSR count). The predicted molar refractivity (Wildman–Crippen MR) is 66.6 cm³/mol. The maximum absolute atomic E-state index is 11.7. The van der Waals surface area contributed by atoms with Gasteiger partial charge in [-0.15, -0.1) is 0 Å². The van der Waals surface area contributed by atoms with Crippen LogP contribution in [0.3, 0.4) is 0 Å². The Balaban J connectivity index is 2.41. The van der Waals surface area contributed by atoms with Crippen molar-refractivity contribution in [3.63, 3.8) is 0 Å². The molecule has 1 aliphatic heterocycles. The lowest BCUT2D eigenvalue weighted by Crippen LogP contribution is -2.28. The molecule has 2 N–H and O–H groups in total. The van der Waals surface area contributed by atoms with Crippen molar-refractivity contribution in [2.24, 2.45) is 5.73 Å². The lowest BCUT2D eigenvalue weighted by Gasteiger charge is -2.17. The van der Waals surface area contributed by atoms with Gasteiger partial charge in [0.15, 0.2) is 5.15 Å². The number of rotatable bonds is 1. The minimum Gasteiger partial charge on any atom is -0.326 e. The maximum Gasteiger partial charge on any atom is 0.228 e. The largest absolute Gasteiger partial charge is 0.326 e. The quantitative estimate of drug-likeness (QED) is 0.806. The number of aryl methyl sites for hydroxylation is 1. The number of carbonyl (C=O) groups is 1. The van der Waals surface area contributed by atoms with E-state index in [0.29, 0.717) is 23.8 Å². The van der Waals surface area contributed by atoms with Crippen LogP contribution in [0.4, 0.5) is 5.69 Å². The van der Waals surface area contributed by atoms with Crippen LogP contribution in [-0.4, -0.2) is 23.5 Å². The van der Waals surface area contributed by atoms with Crippen molar-refractivity contribution in [1.29, 1.82) is 0 Å². The summed E-state index contributed by atoms with van der Waals surface area (Å²) in [6.07, 6.45) is 0.363. The third-order valence-electron chi connectivity index (χ3n) is 2.53. The molecule has 1 saturated heterocycles. The summed E-state index contributed by atoms with van der Waals surface area (Å²) in [5.41, 5.74) is 7.15. The molecule has 0 radical (unpaired) electrons. The monoisotopic (exact) mass is 303 g/mol. The van der Waals surface area contributed by atoms with Gasteiger partial charge in [0.25, 0.3) is 0 Å². The van der Waals surface area contributed by atoms with Crippen LogP contribution in [0.15, 0.2) is 10.5 Å². The number of nitrogens with zero attached hydrogens (tertiary/aromatic N) is 2. The molecule has 1 unspecified atom stereocenters. The molecule has 1 fully saturated rings. The van der Waals surface area contributed by atoms with Crippen LogP contribution in [0.5, 0.6) is 0 Å². The minimum atomic E-state index is -0.122. The molecule has 6 heteroatoms. The fraction of sp³-hybridized carbons (Fsp3) is 0.400. The van der Waals surface area contributed by atoms with Gasteiger partial charge >= 0.3 is 0 Å². The van der Waals surface area contributed by atoms with Gasteiger partial charge < -0.3 is 10.6 Å². The Kier molecular flexibility index (Phi) is 3.19. The van der Waals surface area contributed by atoms with Crippen LogP contribution in [0.25, 0.3) is 0 Å². The zero-order valence-corrected chi connectivity index (χ0v) is 11.0. The van der Waals surface area contributed by atoms with Crippen molar-refractivity contribution in [1.82, 2.24) is 4.98 Å². The second kappa shape index (κ2) is 4.31. The highest BCUT2D eigenvalue weighted by Crippen LogP contribution is 2.31. The molecule has 1 atom stereocenters. The number of hydrogen-bond acceptors (Lipinski definition) is 3. The van der Waals surface area contributed by atoms with Gasteiger partial charge in [0.1, 0.15) is 0 Å². The molecule has 86 valence electrons. The third kappa shape index (κ3) is 2.07. The van der Waals surface area contributed by atoms with Gasteiger partial charge in [-0.2, -0.15) is 0 Å². The predicted octanol–water partition coefficient (Wildman–Crippen LogP) is 1.87. The van der Waals surface area contributed by atoms with Crippen LogP contribution < -0.4 is 10.6 Å². The molecule has 4 nitrogen and oxygen atoms in total. The number of halogens is 2. The number of anilines is 1. The van der Waals surface area contributed by atoms with E-state index in [1.165, 1.54) is 0 Å². The fourth-order valence-electron chi connectivity index (χ4n) is 1.70. The lowest BCUT2D eigenvalue weighted by atomic mass is 10.3. The summed E-state index contributed by atoms with van der Waals surface area (Å²) in [6, 6.07) is 1.68. The molecular formula is C10H11BrClN3O. The molecule has 0 aliphatic carbocycles. The summed E-state index contributed by atoms with van der Waals surface area (Å²) < 4.78 is 0.833. The van der Waals surface area contributed by atoms with E-state index in [0.717, 1.165) is 10.2 Å². The van der Waals surface area contributed by atoms with E-state index >= 15 is 0 Å². The highest BCUT2D eigenvalue weighted by Gasteiger charge is 2.30. The van der Waals surface area contributed by atoms with E-state index in [4.69, 9.17) is 17.3 Å². The van der Waals surface area contributed by atoms with Crippen LogP contribution >= 0.6 is 27.5 Å². The topological polar surface area (TPSA) is 59.2 Å². The molecule has 16 heavy (non-hydrogen) atoms. The molecule has 1 aromatic heterocycles. The van der Waals surface area contributed by atoms with Crippen LogP contribution in [0.2, 0.25) is 5.15 Å². The van der Waals surface area contributed by atoms with Gasteiger partial charge in [0.2, 0.25) is 5.91 Å². The number of carbonyl (C=O) groups excluding carboxylic acids is 1. The fourth-order valence-corrected chi connectivity index (χ4v) is 2.29. The standard InChI is InChI=1S/C10H11BrClN3O/c1-5-7(11)3-8(10(12)14-5)15-4-6(13)2-9(15)16/h3,6H,2,4,13H2,1H3. The summed E-state index contributed by atoms with van der Waals surface area (Å²) in [6.45, 7) is 2.34. The Bertz CT molecular complexity index is 452. The molecule has 0 saturated carbocycles. The van der Waals surface area contributed by atoms with Gasteiger partial charge in [-0.3, -0.25) is 4.79 Å². The third-order valence-corrected chi connectivity index (χ3v) is 3.61. The SMILES string of the molecule is Cc1nc(Cl)c(N2CC(N)CC2=O)cc1Br. The van der Waals surface area contributed by atoms with E-state index < -0.39 is 0 Å². The second-order valence-corrected chi connectivity index (χ2v) is 5.05. The Labute approximate surface area is 107 Å². The van der Waals surface area contributed by atoms with Gasteiger partial charge in [0, 0.05) is 23.5 Å². The van der Waals surface area contributed by atoms with Crippen LogP contribution in [0, 0.1) is 6.92 Å². The van der Waals surface area contributed by atoms with E-state index in [9.17, 15) is 4.79 Å². The van der Waals surface area contributed by atoms with Crippen molar-refractivity contribution in [2.75, 3.05) is 11.4 Å². The van der Waals surface area contributed by atoms with Crippen molar-refractivity contribution in [3.05, 3.63) is 21.4 Å². The number of nitrogens with two attached hydrogens (primary N) is 1. The van der Waals surface area contributed by atoms with E-state index in [-0.39, 0.29) is 11.9 Å². The lowest BCUT2D eigenvalue weighted by molar-refractivity contribution is -0.117. The highest BCUT2D eigenvalue weighted by atomic mass is 79.9. The van der Waals surface area contributed by atoms with E-state index in [1.807, 2.05) is 6.92 Å². The summed E-state index contributed by atoms with van der Waals surface area (Å²) in [5.74, 6) is -0.00745. The summed E-state index contributed by atoms with van der Waals surface area (Å²) in [7, 11) is 0. The number of amides is 1. The van der Waals surface area contributed by atoms with Gasteiger partial charge in [0.05, 0.1) is 11.4 Å². The zero-order chi connectivity index (χ0) is 11.9. The smallest absolute Gasteiger partial charge is 0.228 e. The normalized spacial score (nSPS) is 20.6. The molecule has 1 aliphatic rings. The Hall–Kier alpha value is -0.650. The molecule has 0 aromatic carbocycles. The van der Waals surface area contributed by atoms with Crippen molar-refractivity contribution in [2.45, 2.75) is 19.4 Å². The Morgan fingerprint density at radius 2 is 2.38 bits per heavy atom. The van der Waals surface area contributed by atoms with E-state index in [2.05, 4.69) is 20.9 Å². The highest BCUT2D eigenvalue weighted by molar-refractivity contribution is 9.10. The average Bonchev–Trinajstić information content (AvgIpc) is 2.51. The van der Waals surface area contributed by atoms with E-state index in [1.54, 1.807) is 11.0 Å². The van der Waals surface area contributed by atoms with Gasteiger partial charge in [-0.05, 0) is 28.9 Å². The first-order chi connectivity index (χ1) is 7.49. The zero-order valence-electron chi connectivity index (χ0n) is 8.70. The van der Waals surface area contributed by atoms with Crippen molar-refractivity contribution in [3.8, 4) is 0 Å². The Morgan fingerprint density at radius 1 is 1.69 bits per heavy atom. The molecule has 0 spiro atoms. The van der Waals surface area contributed by atoms with Gasteiger partial charge in [-0.25, -0.2) is 4.98 Å². The number of hydrogen-bond donors (Lipinski definition) is 1. The Morgan fingerprint density at radius 3 is 2.94 bits per heavy atom. The van der Waals surface area contributed by atoms with Crippen LogP contribution in [0.1, 0.15) is 12.1 Å². The summed E-state index contributed by atoms with van der Waals surface area (Å²) in [4.78, 5) is 17.4. The number of aromatic nitrogens is 1. The molecular weight excluding hydrogens is 293 g/mol. The number of pyridine rings is 1. The maximum atomic E-state index is 11.7. The van der Waals surface area contributed by atoms with Crippen LogP contribution in [-0.2, 0) is 4.79 Å². The van der Waals surface area contributed by atoms with Crippen molar-refractivity contribution >= 4 is 39.1 Å². The molecule has 1 aromatic rings. The molecule has 1 amide bonds. The summed E-state index contributed by atoms with van der Waals surface area (Å²) >= 11 is 9.40. The first-order valence-electron chi connectivity index (χ1n) is 4.87. The minimum absolute atomic E-state index is 0.00745. The molecule has 0 bridgehead atoms. The van der Waals surface area contributed by atoms with Crippen molar-refractivity contribution < 1.29 is 4.79 Å². The first kappa shape index (κ1) is 11.8. The molecule has 2 heterocycles. The summed E-state index contributed by atoms with van der Waals surface area (Å²) in [5, 5.41) is 0.336. The first-order valence-corrected chi connectivity index (χ1v) is 6.04. The average molecular weight is 305 g/mol. The second-order valence-electron chi connectivity index (χ2n) is 3.83.